The van der Waals surface area contributed by atoms with Crippen LogP contribution in [-0.4, -0.2) is 46.8 Å². The van der Waals surface area contributed by atoms with Gasteiger partial charge in [-0.2, -0.15) is 0 Å². The zero-order valence-electron chi connectivity index (χ0n) is 18.4. The SMILES string of the molecule is CCCCc1ccc(NC(=O)C2=CN(C)C3C(=O)N(Cc4ccccc4)C(=O)NC23)cc1. The Hall–Kier alpha value is -3.61. The molecule has 0 aliphatic carbocycles. The molecule has 4 rings (SSSR count). The van der Waals surface area contributed by atoms with E-state index in [4.69, 9.17) is 0 Å². The lowest BCUT2D eigenvalue weighted by Gasteiger charge is -2.37. The maximum atomic E-state index is 13.1. The summed E-state index contributed by atoms with van der Waals surface area (Å²) in [5, 5.41) is 5.75. The molecule has 2 aromatic carbocycles. The first-order valence-corrected chi connectivity index (χ1v) is 11.0. The van der Waals surface area contributed by atoms with E-state index in [0.29, 0.717) is 11.3 Å². The van der Waals surface area contributed by atoms with E-state index >= 15 is 0 Å². The van der Waals surface area contributed by atoms with Gasteiger partial charge in [0.25, 0.3) is 11.8 Å². The molecule has 7 nitrogen and oxygen atoms in total. The van der Waals surface area contributed by atoms with Crippen LogP contribution < -0.4 is 10.6 Å². The van der Waals surface area contributed by atoms with Gasteiger partial charge in [0.2, 0.25) is 0 Å². The Morgan fingerprint density at radius 3 is 2.44 bits per heavy atom. The molecule has 166 valence electrons. The fourth-order valence-corrected chi connectivity index (χ4v) is 4.18. The van der Waals surface area contributed by atoms with E-state index in [-0.39, 0.29) is 18.4 Å². The van der Waals surface area contributed by atoms with Crippen LogP contribution in [0.3, 0.4) is 0 Å². The lowest BCUT2D eigenvalue weighted by atomic mass is 9.99. The summed E-state index contributed by atoms with van der Waals surface area (Å²) < 4.78 is 0. The number of amides is 4. The highest BCUT2D eigenvalue weighted by Crippen LogP contribution is 2.28. The summed E-state index contributed by atoms with van der Waals surface area (Å²) in [7, 11) is 1.75. The molecule has 1 fully saturated rings. The third kappa shape index (κ3) is 4.37. The Kier molecular flexibility index (Phi) is 6.25. The highest BCUT2D eigenvalue weighted by atomic mass is 16.2. The minimum absolute atomic E-state index is 0.189. The number of fused-ring (bicyclic) bond motifs is 1. The topological polar surface area (TPSA) is 81.8 Å². The third-order valence-electron chi connectivity index (χ3n) is 5.95. The van der Waals surface area contributed by atoms with Crippen LogP contribution in [0.5, 0.6) is 0 Å². The van der Waals surface area contributed by atoms with Gasteiger partial charge >= 0.3 is 6.03 Å². The van der Waals surface area contributed by atoms with Gasteiger partial charge in [0, 0.05) is 18.9 Å². The number of urea groups is 1. The van der Waals surface area contributed by atoms with Crippen LogP contribution in [0, 0.1) is 0 Å². The van der Waals surface area contributed by atoms with Crippen LogP contribution in [0.1, 0.15) is 30.9 Å². The van der Waals surface area contributed by atoms with Gasteiger partial charge in [-0.25, -0.2) is 4.79 Å². The maximum absolute atomic E-state index is 13.1. The van der Waals surface area contributed by atoms with E-state index in [1.807, 2.05) is 54.6 Å². The normalized spacial score (nSPS) is 20.0. The Labute approximate surface area is 188 Å². The van der Waals surface area contributed by atoms with Crippen LogP contribution >= 0.6 is 0 Å². The fourth-order valence-electron chi connectivity index (χ4n) is 4.18. The lowest BCUT2D eigenvalue weighted by molar-refractivity contribution is -0.134. The van der Waals surface area contributed by atoms with E-state index in [2.05, 4.69) is 17.6 Å². The second kappa shape index (κ2) is 9.26. The molecule has 2 aliphatic rings. The van der Waals surface area contributed by atoms with Crippen molar-refractivity contribution in [2.24, 2.45) is 0 Å². The predicted molar refractivity (Wildman–Crippen MR) is 123 cm³/mol. The largest absolute Gasteiger partial charge is 0.366 e. The van der Waals surface area contributed by atoms with Crippen molar-refractivity contribution in [1.82, 2.24) is 15.1 Å². The smallest absolute Gasteiger partial charge is 0.325 e. The summed E-state index contributed by atoms with van der Waals surface area (Å²) in [5.74, 6) is -0.639. The van der Waals surface area contributed by atoms with Gasteiger partial charge in [0.15, 0.2) is 0 Å². The lowest BCUT2D eigenvalue weighted by Crippen LogP contribution is -2.64. The first-order chi connectivity index (χ1) is 15.5. The minimum Gasteiger partial charge on any atom is -0.366 e. The molecular weight excluding hydrogens is 404 g/mol. The van der Waals surface area contributed by atoms with E-state index in [9.17, 15) is 14.4 Å². The number of hydrogen-bond donors (Lipinski definition) is 2. The summed E-state index contributed by atoms with van der Waals surface area (Å²) in [6.07, 6.45) is 4.92. The van der Waals surface area contributed by atoms with E-state index in [1.54, 1.807) is 18.1 Å². The Morgan fingerprint density at radius 1 is 1.03 bits per heavy atom. The number of aryl methyl sites for hydroxylation is 1. The molecule has 2 aromatic rings. The third-order valence-corrected chi connectivity index (χ3v) is 5.95. The molecule has 0 saturated carbocycles. The Bertz CT molecular complexity index is 1030. The number of likely N-dealkylation sites (N-methyl/N-ethyl adjacent to an activating group) is 1. The molecule has 0 spiro atoms. The van der Waals surface area contributed by atoms with Crippen molar-refractivity contribution < 1.29 is 14.4 Å². The second-order valence-corrected chi connectivity index (χ2v) is 8.29. The van der Waals surface area contributed by atoms with Crippen molar-refractivity contribution in [3.8, 4) is 0 Å². The maximum Gasteiger partial charge on any atom is 0.325 e. The van der Waals surface area contributed by atoms with E-state index in [0.717, 1.165) is 24.8 Å². The summed E-state index contributed by atoms with van der Waals surface area (Å²) in [5.41, 5.74) is 3.15. The number of imide groups is 1. The van der Waals surface area contributed by atoms with Crippen LogP contribution in [0.25, 0.3) is 0 Å². The number of carbonyl (C=O) groups excluding carboxylic acids is 3. The highest BCUT2D eigenvalue weighted by Gasteiger charge is 2.49. The predicted octanol–water partition coefficient (Wildman–Crippen LogP) is 3.29. The zero-order chi connectivity index (χ0) is 22.7. The number of anilines is 1. The van der Waals surface area contributed by atoms with Gasteiger partial charge in [-0.1, -0.05) is 55.8 Å². The Balaban J connectivity index is 1.45. The molecule has 0 aromatic heterocycles. The minimum atomic E-state index is -0.684. The zero-order valence-corrected chi connectivity index (χ0v) is 18.4. The van der Waals surface area contributed by atoms with Gasteiger partial charge < -0.3 is 15.5 Å². The molecule has 0 bridgehead atoms. The number of benzene rings is 2. The van der Waals surface area contributed by atoms with Gasteiger partial charge in [-0.15, -0.1) is 0 Å². The Morgan fingerprint density at radius 2 is 1.75 bits per heavy atom. The number of rotatable bonds is 7. The second-order valence-electron chi connectivity index (χ2n) is 8.29. The van der Waals surface area contributed by atoms with Crippen LogP contribution in [0.4, 0.5) is 10.5 Å². The molecular formula is C25H28N4O3. The van der Waals surface area contributed by atoms with Crippen molar-refractivity contribution in [2.75, 3.05) is 12.4 Å². The number of unbranched alkanes of at least 4 members (excludes halogenated alkanes) is 1. The fraction of sp³-hybridized carbons (Fsp3) is 0.320. The van der Waals surface area contributed by atoms with Crippen molar-refractivity contribution in [1.29, 1.82) is 0 Å². The molecule has 2 aliphatic heterocycles. The average molecular weight is 433 g/mol. The monoisotopic (exact) mass is 432 g/mol. The molecule has 1 saturated heterocycles. The van der Waals surface area contributed by atoms with Crippen LogP contribution in [0.2, 0.25) is 0 Å². The molecule has 2 heterocycles. The standard InChI is InChI=1S/C25H28N4O3/c1-3-4-8-17-11-13-19(14-12-17)26-23(30)20-16-28(2)22-21(20)27-25(32)29(24(22)31)15-18-9-6-5-7-10-18/h5-7,9-14,16,21-22H,3-4,8,15H2,1-2H3,(H,26,30)(H,27,32). The highest BCUT2D eigenvalue weighted by molar-refractivity contribution is 6.09. The molecule has 0 radical (unpaired) electrons. The van der Waals surface area contributed by atoms with Gasteiger partial charge in [0.1, 0.15) is 6.04 Å². The van der Waals surface area contributed by atoms with Crippen molar-refractivity contribution in [2.45, 2.75) is 44.8 Å². The van der Waals surface area contributed by atoms with Crippen molar-refractivity contribution >= 4 is 23.5 Å². The van der Waals surface area contributed by atoms with E-state index < -0.39 is 18.1 Å². The molecule has 4 amide bonds. The summed E-state index contributed by atoms with van der Waals surface area (Å²) >= 11 is 0. The van der Waals surface area contributed by atoms with E-state index in [1.165, 1.54) is 10.5 Å². The number of carbonyl (C=O) groups is 3. The summed E-state index contributed by atoms with van der Waals surface area (Å²) in [6.45, 7) is 2.35. The van der Waals surface area contributed by atoms with Gasteiger partial charge in [-0.3, -0.25) is 14.5 Å². The molecule has 2 atom stereocenters. The first-order valence-electron chi connectivity index (χ1n) is 11.0. The summed E-state index contributed by atoms with van der Waals surface area (Å²) in [6, 6.07) is 15.3. The van der Waals surface area contributed by atoms with Gasteiger partial charge in [0.05, 0.1) is 18.2 Å². The van der Waals surface area contributed by atoms with Crippen molar-refractivity contribution in [3.05, 3.63) is 77.5 Å². The summed E-state index contributed by atoms with van der Waals surface area (Å²) in [4.78, 5) is 41.7. The molecule has 2 unspecified atom stereocenters. The molecule has 2 N–H and O–H groups in total. The van der Waals surface area contributed by atoms with Crippen LogP contribution in [0.15, 0.2) is 66.4 Å². The molecule has 7 heteroatoms. The average Bonchev–Trinajstić information content (AvgIpc) is 3.13. The number of nitrogens with one attached hydrogen (secondary N) is 2. The number of hydrogen-bond acceptors (Lipinski definition) is 4. The quantitative estimate of drug-likeness (QED) is 0.704. The molecule has 32 heavy (non-hydrogen) atoms. The van der Waals surface area contributed by atoms with Gasteiger partial charge in [-0.05, 0) is 36.1 Å². The van der Waals surface area contributed by atoms with Crippen molar-refractivity contribution in [3.63, 3.8) is 0 Å². The number of nitrogens with zero attached hydrogens (tertiary/aromatic N) is 2. The first kappa shape index (κ1) is 21.6. The van der Waals surface area contributed by atoms with Crippen LogP contribution in [-0.2, 0) is 22.6 Å².